The first-order chi connectivity index (χ1) is 11.7. The Balaban J connectivity index is 1.61. The summed E-state index contributed by atoms with van der Waals surface area (Å²) >= 11 is 3.38. The fourth-order valence-electron chi connectivity index (χ4n) is 3.52. The summed E-state index contributed by atoms with van der Waals surface area (Å²) in [6.45, 7) is 0.803. The van der Waals surface area contributed by atoms with Crippen LogP contribution < -0.4 is 0 Å². The van der Waals surface area contributed by atoms with Crippen molar-refractivity contribution in [1.82, 2.24) is 9.80 Å². The topological polar surface area (TPSA) is 74.8 Å². The van der Waals surface area contributed by atoms with Gasteiger partial charge in [0.15, 0.2) is 9.84 Å². The van der Waals surface area contributed by atoms with E-state index in [1.807, 2.05) is 24.3 Å². The Morgan fingerprint density at radius 3 is 2.60 bits per heavy atom. The summed E-state index contributed by atoms with van der Waals surface area (Å²) in [6, 6.07) is 7.48. The highest BCUT2D eigenvalue weighted by Crippen LogP contribution is 2.27. The molecule has 8 heteroatoms. The zero-order valence-electron chi connectivity index (χ0n) is 14.0. The van der Waals surface area contributed by atoms with Crippen LogP contribution in [0, 0.1) is 5.92 Å². The molecule has 2 atom stereocenters. The molecule has 0 saturated carbocycles. The minimum absolute atomic E-state index is 0.0222. The molecule has 0 unspecified atom stereocenters. The van der Waals surface area contributed by atoms with E-state index in [1.54, 1.807) is 16.8 Å². The molecule has 1 aromatic rings. The normalized spacial score (nSPS) is 25.4. The molecule has 136 valence electrons. The fraction of sp³-hybridized carbons (Fsp3) is 0.529. The van der Waals surface area contributed by atoms with Gasteiger partial charge in [0.05, 0.1) is 17.4 Å². The van der Waals surface area contributed by atoms with Crippen molar-refractivity contribution in [3.63, 3.8) is 0 Å². The summed E-state index contributed by atoms with van der Waals surface area (Å²) in [4.78, 5) is 28.2. The van der Waals surface area contributed by atoms with E-state index < -0.39 is 15.8 Å². The Morgan fingerprint density at radius 2 is 2.00 bits per heavy atom. The van der Waals surface area contributed by atoms with Crippen molar-refractivity contribution in [1.29, 1.82) is 0 Å². The molecule has 2 heterocycles. The van der Waals surface area contributed by atoms with Crippen LogP contribution in [0.5, 0.6) is 0 Å². The second-order valence-corrected chi connectivity index (χ2v) is 9.97. The molecule has 3 rings (SSSR count). The van der Waals surface area contributed by atoms with E-state index in [9.17, 15) is 18.0 Å². The van der Waals surface area contributed by atoms with Crippen LogP contribution in [0.25, 0.3) is 0 Å². The van der Waals surface area contributed by atoms with Crippen LogP contribution in [0.4, 0.5) is 0 Å². The number of carbonyl (C=O) groups is 2. The molecule has 2 aliphatic heterocycles. The lowest BCUT2D eigenvalue weighted by molar-refractivity contribution is -0.135. The molecule has 2 amide bonds. The molecule has 6 nitrogen and oxygen atoms in total. The smallest absolute Gasteiger partial charge is 0.228 e. The van der Waals surface area contributed by atoms with Crippen molar-refractivity contribution < 1.29 is 18.0 Å². The zero-order valence-corrected chi connectivity index (χ0v) is 16.4. The molecule has 1 aromatic carbocycles. The Hall–Kier alpha value is -1.41. The molecule has 2 fully saturated rings. The summed E-state index contributed by atoms with van der Waals surface area (Å²) < 4.78 is 24.3. The van der Waals surface area contributed by atoms with Crippen LogP contribution in [0.2, 0.25) is 0 Å². The largest absolute Gasteiger partial charge is 0.341 e. The Labute approximate surface area is 156 Å². The van der Waals surface area contributed by atoms with E-state index in [1.165, 1.54) is 0 Å². The van der Waals surface area contributed by atoms with Gasteiger partial charge in [-0.25, -0.2) is 8.42 Å². The van der Waals surface area contributed by atoms with Crippen molar-refractivity contribution in [2.45, 2.75) is 25.4 Å². The molecule has 25 heavy (non-hydrogen) atoms. The maximum Gasteiger partial charge on any atom is 0.228 e. The zero-order chi connectivity index (χ0) is 18.2. The van der Waals surface area contributed by atoms with Gasteiger partial charge in [-0.15, -0.1) is 0 Å². The van der Waals surface area contributed by atoms with E-state index in [4.69, 9.17) is 0 Å². The number of amides is 2. The number of carbonyl (C=O) groups excluding carboxylic acids is 2. The first kappa shape index (κ1) is 18.4. The average Bonchev–Trinajstić information content (AvgIpc) is 3.11. The van der Waals surface area contributed by atoms with Crippen molar-refractivity contribution in [2.24, 2.45) is 5.92 Å². The summed E-state index contributed by atoms with van der Waals surface area (Å²) in [6.07, 6.45) is 0.643. The van der Waals surface area contributed by atoms with Crippen molar-refractivity contribution in [2.75, 3.05) is 25.1 Å². The maximum absolute atomic E-state index is 12.7. The van der Waals surface area contributed by atoms with Crippen LogP contribution in [0.15, 0.2) is 28.7 Å². The van der Waals surface area contributed by atoms with E-state index in [-0.39, 0.29) is 35.8 Å². The molecular weight excluding hydrogens is 408 g/mol. The molecule has 2 aliphatic rings. The van der Waals surface area contributed by atoms with Crippen molar-refractivity contribution >= 4 is 37.6 Å². The first-order valence-electron chi connectivity index (χ1n) is 8.24. The molecule has 0 aliphatic carbocycles. The van der Waals surface area contributed by atoms with Gasteiger partial charge in [-0.1, -0.05) is 28.1 Å². The van der Waals surface area contributed by atoms with Gasteiger partial charge < -0.3 is 9.80 Å². The average molecular weight is 429 g/mol. The van der Waals surface area contributed by atoms with Gasteiger partial charge in [0.2, 0.25) is 11.8 Å². The van der Waals surface area contributed by atoms with Gasteiger partial charge in [-0.2, -0.15) is 0 Å². The number of benzene rings is 1. The van der Waals surface area contributed by atoms with E-state index in [0.29, 0.717) is 19.5 Å². The van der Waals surface area contributed by atoms with Crippen LogP contribution in [-0.4, -0.2) is 61.2 Å². The lowest BCUT2D eigenvalue weighted by Gasteiger charge is -2.24. The van der Waals surface area contributed by atoms with Crippen LogP contribution in [0.1, 0.15) is 18.4 Å². The third-order valence-electron chi connectivity index (χ3n) is 4.87. The predicted octanol–water partition coefficient (Wildman–Crippen LogP) is 1.44. The third kappa shape index (κ3) is 4.23. The predicted molar refractivity (Wildman–Crippen MR) is 97.5 cm³/mol. The Morgan fingerprint density at radius 1 is 1.32 bits per heavy atom. The molecule has 0 bridgehead atoms. The fourth-order valence-corrected chi connectivity index (χ4v) is 5.52. The highest BCUT2D eigenvalue weighted by Gasteiger charge is 2.42. The highest BCUT2D eigenvalue weighted by molar-refractivity contribution is 9.10. The van der Waals surface area contributed by atoms with E-state index >= 15 is 0 Å². The first-order valence-corrected chi connectivity index (χ1v) is 10.9. The standard InChI is InChI=1S/C17H21BrN2O4S/c1-19(9-12-2-4-14(18)5-3-12)17(22)13-8-16(21)20(10-13)15-6-7-25(23,24)11-15/h2-5,13,15H,6-11H2,1H3/t13-,15-/m0/s1. The van der Waals surface area contributed by atoms with Crippen LogP contribution in [0.3, 0.4) is 0 Å². The maximum atomic E-state index is 12.7. The third-order valence-corrected chi connectivity index (χ3v) is 7.15. The summed E-state index contributed by atoms with van der Waals surface area (Å²) in [5.74, 6) is -0.425. The second-order valence-electron chi connectivity index (χ2n) is 6.82. The number of likely N-dealkylation sites (tertiary alicyclic amines) is 1. The van der Waals surface area contributed by atoms with Crippen molar-refractivity contribution in [3.8, 4) is 0 Å². The summed E-state index contributed by atoms with van der Waals surface area (Å²) in [5.41, 5.74) is 1.02. The van der Waals surface area contributed by atoms with Gasteiger partial charge in [-0.3, -0.25) is 9.59 Å². The Kier molecular flexibility index (Phi) is 5.20. The van der Waals surface area contributed by atoms with E-state index in [0.717, 1.165) is 10.0 Å². The van der Waals surface area contributed by atoms with Crippen LogP contribution >= 0.6 is 15.9 Å². The number of hydrogen-bond donors (Lipinski definition) is 0. The minimum Gasteiger partial charge on any atom is -0.341 e. The molecular formula is C17H21BrN2O4S. The second kappa shape index (κ2) is 7.07. The quantitative estimate of drug-likeness (QED) is 0.726. The van der Waals surface area contributed by atoms with Gasteiger partial charge >= 0.3 is 0 Å². The molecule has 0 aromatic heterocycles. The number of nitrogens with zero attached hydrogens (tertiary/aromatic N) is 2. The van der Waals surface area contributed by atoms with Crippen molar-refractivity contribution in [3.05, 3.63) is 34.3 Å². The number of hydrogen-bond acceptors (Lipinski definition) is 4. The highest BCUT2D eigenvalue weighted by atomic mass is 79.9. The Bertz CT molecular complexity index is 778. The van der Waals surface area contributed by atoms with E-state index in [2.05, 4.69) is 15.9 Å². The van der Waals surface area contributed by atoms with Gasteiger partial charge in [0, 0.05) is 37.1 Å². The lowest BCUT2D eigenvalue weighted by Crippen LogP contribution is -2.39. The SMILES string of the molecule is CN(Cc1ccc(Br)cc1)C(=O)[C@H]1CC(=O)N([C@H]2CCS(=O)(=O)C2)C1. The molecule has 0 radical (unpaired) electrons. The van der Waals surface area contributed by atoms with Gasteiger partial charge in [0.1, 0.15) is 0 Å². The lowest BCUT2D eigenvalue weighted by atomic mass is 10.1. The summed E-state index contributed by atoms with van der Waals surface area (Å²) in [5, 5.41) is 0. The van der Waals surface area contributed by atoms with Gasteiger partial charge in [0.25, 0.3) is 0 Å². The number of sulfone groups is 1. The summed E-state index contributed by atoms with van der Waals surface area (Å²) in [7, 11) is -1.31. The molecule has 0 spiro atoms. The van der Waals surface area contributed by atoms with Gasteiger partial charge in [-0.05, 0) is 24.1 Å². The molecule has 2 saturated heterocycles. The molecule has 0 N–H and O–H groups in total. The monoisotopic (exact) mass is 428 g/mol. The minimum atomic E-state index is -3.05. The number of halogens is 1. The number of rotatable bonds is 4. The van der Waals surface area contributed by atoms with Crippen LogP contribution in [-0.2, 0) is 26.0 Å².